The van der Waals surface area contributed by atoms with E-state index in [0.29, 0.717) is 28.2 Å². The highest BCUT2D eigenvalue weighted by Crippen LogP contribution is 2.40. The fourth-order valence-corrected chi connectivity index (χ4v) is 8.52. The van der Waals surface area contributed by atoms with Crippen molar-refractivity contribution in [3.05, 3.63) is 228 Å². The van der Waals surface area contributed by atoms with Gasteiger partial charge in [0, 0.05) is 40.2 Å². The topological polar surface area (TPSA) is 54.0 Å². The van der Waals surface area contributed by atoms with Crippen LogP contribution in [0, 0.1) is 0 Å². The molecule has 0 saturated heterocycles. The Bertz CT molecular complexity index is 4050. The molecule has 0 saturated carbocycles. The Labute approximate surface area is 385 Å². The van der Waals surface area contributed by atoms with Crippen LogP contribution in [0.2, 0.25) is 0 Å². The summed E-state index contributed by atoms with van der Waals surface area (Å²) in [6.45, 7) is 6.50. The third-order valence-electron chi connectivity index (χ3n) is 11.5. The van der Waals surface area contributed by atoms with Gasteiger partial charge in [-0.3, -0.25) is 13.7 Å². The standard InChI is InChI=1S/C58H44N4O2/c1-58(2,3)43-33-34-59-55(36-43)61-51-32-29-42(39-17-7-4-8-18-39)35-50(51)49-31-30-46(38-54(49)61)64-45-24-15-23-44(37-45)60-52-27-13-14-28-53(52)62(57(60)63)56-47(40-19-9-5-10-20-40)25-16-26-48(56)41-21-11-6-12-22-41/h4-38H,1-3H3/i5D,6D,9D,10D,11D,12D,19D,20D,21D,22D. The smallest absolute Gasteiger partial charge is 0.338 e. The maximum Gasteiger partial charge on any atom is 0.338 e. The Kier molecular flexibility index (Phi) is 7.10. The van der Waals surface area contributed by atoms with E-state index in [2.05, 4.69) is 61.7 Å². The Balaban J connectivity index is 1.09. The monoisotopic (exact) mass is 838 g/mol. The second kappa shape index (κ2) is 15.6. The first-order valence-electron chi connectivity index (χ1n) is 25.8. The van der Waals surface area contributed by atoms with Crippen molar-refractivity contribution in [2.45, 2.75) is 26.2 Å². The zero-order valence-electron chi connectivity index (χ0n) is 45.0. The third kappa shape index (κ3) is 6.77. The molecule has 0 atom stereocenters. The normalized spacial score (nSPS) is 13.9. The van der Waals surface area contributed by atoms with Gasteiger partial charge in [-0.1, -0.05) is 154 Å². The van der Waals surface area contributed by atoms with E-state index in [-0.39, 0.29) is 33.4 Å². The summed E-state index contributed by atoms with van der Waals surface area (Å²) in [6.07, 6.45) is 1.83. The average Bonchev–Trinajstić information content (AvgIpc) is 3.90. The number of para-hydroxylation sites is 3. The first-order chi connectivity index (χ1) is 35.4. The van der Waals surface area contributed by atoms with Crippen molar-refractivity contribution in [1.29, 1.82) is 0 Å². The summed E-state index contributed by atoms with van der Waals surface area (Å²) >= 11 is 0. The zero-order chi connectivity index (χ0) is 52.1. The number of nitrogens with zero attached hydrogens (tertiary/aromatic N) is 4. The van der Waals surface area contributed by atoms with E-state index < -0.39 is 66.1 Å². The molecule has 8 aromatic carbocycles. The van der Waals surface area contributed by atoms with Crippen LogP contribution in [0.5, 0.6) is 11.5 Å². The minimum Gasteiger partial charge on any atom is -0.457 e. The Morgan fingerprint density at radius 3 is 1.86 bits per heavy atom. The van der Waals surface area contributed by atoms with Crippen LogP contribution in [-0.4, -0.2) is 18.7 Å². The second-order valence-electron chi connectivity index (χ2n) is 16.5. The number of imidazole rings is 1. The van der Waals surface area contributed by atoms with Crippen LogP contribution in [0.15, 0.2) is 217 Å². The van der Waals surface area contributed by atoms with E-state index >= 15 is 4.79 Å². The molecule has 6 nitrogen and oxygen atoms in total. The predicted octanol–water partition coefficient (Wildman–Crippen LogP) is 14.4. The van der Waals surface area contributed by atoms with E-state index in [1.165, 1.54) is 27.3 Å². The summed E-state index contributed by atoms with van der Waals surface area (Å²) in [5.74, 6) is 1.66. The SMILES string of the molecule is [2H]c1c([2H])c([2H])c(-c2cccc(-c3c([2H])c([2H])c([2H])c([2H])c3[2H])c2-n2c(=O)n(-c3cccc(Oc4ccc5c6cc(-c7ccccc7)ccc6n(-c6cc(C(C)(C)C)ccn6)c5c4)c3)c3ccccc32)c([2H])c1[2H]. The summed E-state index contributed by atoms with van der Waals surface area (Å²) in [5.41, 5.74) is 4.89. The fraction of sp³-hybridized carbons (Fsp3) is 0.0690. The van der Waals surface area contributed by atoms with Crippen LogP contribution in [0.3, 0.4) is 0 Å². The van der Waals surface area contributed by atoms with Crippen molar-refractivity contribution in [1.82, 2.24) is 18.7 Å². The number of hydrogen-bond acceptors (Lipinski definition) is 3. The average molecular weight is 839 g/mol. The van der Waals surface area contributed by atoms with Crippen molar-refractivity contribution in [2.75, 3.05) is 0 Å². The maximum absolute atomic E-state index is 15.5. The molecule has 0 aliphatic rings. The van der Waals surface area contributed by atoms with Crippen LogP contribution < -0.4 is 10.4 Å². The molecule has 0 bridgehead atoms. The minimum atomic E-state index is -0.664. The van der Waals surface area contributed by atoms with Gasteiger partial charge in [0.15, 0.2) is 0 Å². The molecule has 11 rings (SSSR count). The van der Waals surface area contributed by atoms with Gasteiger partial charge in [-0.2, -0.15) is 0 Å². The lowest BCUT2D eigenvalue weighted by Gasteiger charge is -2.20. The summed E-state index contributed by atoms with van der Waals surface area (Å²) in [6, 6.07) is 39.2. The van der Waals surface area contributed by atoms with E-state index in [0.717, 1.165) is 44.3 Å². The van der Waals surface area contributed by atoms with Gasteiger partial charge in [0.05, 0.1) is 47.1 Å². The summed E-state index contributed by atoms with van der Waals surface area (Å²) in [4.78, 5) is 20.4. The largest absolute Gasteiger partial charge is 0.457 e. The molecule has 6 heteroatoms. The van der Waals surface area contributed by atoms with Crippen LogP contribution in [0.1, 0.15) is 40.0 Å². The first kappa shape index (κ1) is 29.1. The highest BCUT2D eigenvalue weighted by molar-refractivity contribution is 6.10. The molecule has 11 aromatic rings. The molecule has 3 heterocycles. The lowest BCUT2D eigenvalue weighted by molar-refractivity contribution is 0.483. The van der Waals surface area contributed by atoms with E-state index in [1.54, 1.807) is 48.5 Å². The summed E-state index contributed by atoms with van der Waals surface area (Å²) in [5, 5.41) is 2.03. The molecule has 0 fully saturated rings. The van der Waals surface area contributed by atoms with Gasteiger partial charge in [-0.15, -0.1) is 0 Å². The lowest BCUT2D eigenvalue weighted by Crippen LogP contribution is -2.23. The van der Waals surface area contributed by atoms with Crippen molar-refractivity contribution in [2.24, 2.45) is 0 Å². The van der Waals surface area contributed by atoms with Crippen molar-refractivity contribution in [3.63, 3.8) is 0 Å². The minimum absolute atomic E-state index is 0.00201. The summed E-state index contributed by atoms with van der Waals surface area (Å²) < 4.78 is 98.6. The first-order valence-corrected chi connectivity index (χ1v) is 20.8. The number of pyridine rings is 1. The molecule has 308 valence electrons. The second-order valence-corrected chi connectivity index (χ2v) is 16.5. The van der Waals surface area contributed by atoms with Crippen LogP contribution >= 0.6 is 0 Å². The highest BCUT2D eigenvalue weighted by Gasteiger charge is 2.23. The fourth-order valence-electron chi connectivity index (χ4n) is 8.52. The van der Waals surface area contributed by atoms with Crippen LogP contribution in [0.25, 0.3) is 83.4 Å². The molecule has 0 amide bonds. The molecule has 0 unspecified atom stereocenters. The zero-order valence-corrected chi connectivity index (χ0v) is 35.0. The Hall–Kier alpha value is -8.22. The van der Waals surface area contributed by atoms with E-state index in [1.807, 2.05) is 48.7 Å². The molecular formula is C58H44N4O2. The number of fused-ring (bicyclic) bond motifs is 4. The van der Waals surface area contributed by atoms with Gasteiger partial charge in [0.25, 0.3) is 0 Å². The van der Waals surface area contributed by atoms with E-state index in [9.17, 15) is 0 Å². The maximum atomic E-state index is 15.5. The van der Waals surface area contributed by atoms with Gasteiger partial charge in [0.1, 0.15) is 17.3 Å². The lowest BCUT2D eigenvalue weighted by atomic mass is 9.88. The molecule has 0 N–H and O–H groups in total. The van der Waals surface area contributed by atoms with Crippen molar-refractivity contribution < 1.29 is 18.4 Å². The van der Waals surface area contributed by atoms with Crippen molar-refractivity contribution in [3.8, 4) is 62.1 Å². The van der Waals surface area contributed by atoms with Gasteiger partial charge >= 0.3 is 5.69 Å². The number of ether oxygens (including phenoxy) is 1. The molecule has 64 heavy (non-hydrogen) atoms. The number of benzene rings is 8. The predicted molar refractivity (Wildman–Crippen MR) is 263 cm³/mol. The third-order valence-corrected chi connectivity index (χ3v) is 11.5. The van der Waals surface area contributed by atoms with Crippen LogP contribution in [-0.2, 0) is 5.41 Å². The number of rotatable bonds is 8. The number of aromatic nitrogens is 4. The van der Waals surface area contributed by atoms with Crippen molar-refractivity contribution >= 4 is 32.8 Å². The molecule has 0 aliphatic heterocycles. The number of hydrogen-bond donors (Lipinski definition) is 0. The highest BCUT2D eigenvalue weighted by atomic mass is 16.5. The Morgan fingerprint density at radius 1 is 0.500 bits per heavy atom. The molecule has 0 aliphatic carbocycles. The van der Waals surface area contributed by atoms with Gasteiger partial charge in [0.2, 0.25) is 0 Å². The molecule has 0 spiro atoms. The van der Waals surface area contributed by atoms with Crippen LogP contribution in [0.4, 0.5) is 0 Å². The van der Waals surface area contributed by atoms with Gasteiger partial charge in [-0.25, -0.2) is 9.78 Å². The summed E-state index contributed by atoms with van der Waals surface area (Å²) in [7, 11) is 0. The van der Waals surface area contributed by atoms with Gasteiger partial charge < -0.3 is 4.74 Å². The molecule has 0 radical (unpaired) electrons. The quantitative estimate of drug-likeness (QED) is 0.153. The molecule has 3 aromatic heterocycles. The molecular weight excluding hydrogens is 785 g/mol. The Morgan fingerprint density at radius 2 is 1.16 bits per heavy atom. The van der Waals surface area contributed by atoms with Gasteiger partial charge in [-0.05, 0) is 93.9 Å². The van der Waals surface area contributed by atoms with E-state index in [4.69, 9.17) is 23.4 Å².